The average Bonchev–Trinajstić information content (AvgIpc) is 2.88. The van der Waals surface area contributed by atoms with Gasteiger partial charge in [0.25, 0.3) is 0 Å². The van der Waals surface area contributed by atoms with Gasteiger partial charge in [0.05, 0.1) is 13.7 Å². The van der Waals surface area contributed by atoms with Gasteiger partial charge in [-0.05, 0) is 45.2 Å². The molecule has 0 aliphatic rings. The molecule has 0 amide bonds. The van der Waals surface area contributed by atoms with E-state index in [1.54, 1.807) is 31.9 Å². The van der Waals surface area contributed by atoms with Crippen LogP contribution >= 0.6 is 0 Å². The fourth-order valence-corrected chi connectivity index (χ4v) is 2.39. The van der Waals surface area contributed by atoms with Gasteiger partial charge in [0.15, 0.2) is 0 Å². The third kappa shape index (κ3) is 3.76. The van der Waals surface area contributed by atoms with Crippen molar-refractivity contribution < 1.29 is 22.7 Å². The summed E-state index contributed by atoms with van der Waals surface area (Å²) in [4.78, 5) is 13.4. The van der Waals surface area contributed by atoms with E-state index >= 15 is 0 Å². The topological polar surface area (TPSA) is 42.7 Å². The first-order valence-electron chi connectivity index (χ1n) is 7.16. The van der Waals surface area contributed by atoms with Crippen LogP contribution in [0.2, 0.25) is 0 Å². The number of esters is 1. The number of benzene rings is 1. The zero-order valence-electron chi connectivity index (χ0n) is 13.5. The Balaban J connectivity index is 2.17. The Kier molecular flexibility index (Phi) is 5.15. The number of nitrogens with zero attached hydrogens (tertiary/aromatic N) is 1. The van der Waals surface area contributed by atoms with Gasteiger partial charge >= 0.3 is 5.97 Å². The number of hydrogen-bond donors (Lipinski definition) is 0. The summed E-state index contributed by atoms with van der Waals surface area (Å²) in [5.41, 5.74) is 0.629. The summed E-state index contributed by atoms with van der Waals surface area (Å²) in [5.74, 6) is -0.400. The van der Waals surface area contributed by atoms with Crippen LogP contribution in [0.15, 0.2) is 28.7 Å². The molecular formula is C17H19F2NO3. The minimum Gasteiger partial charge on any atom is -0.465 e. The lowest BCUT2D eigenvalue weighted by atomic mass is 10.1. The Morgan fingerprint density at radius 2 is 2.04 bits per heavy atom. The van der Waals surface area contributed by atoms with Crippen molar-refractivity contribution in [1.29, 1.82) is 0 Å². The van der Waals surface area contributed by atoms with Crippen molar-refractivity contribution in [3.8, 4) is 0 Å². The molecule has 1 unspecified atom stereocenters. The number of furan rings is 1. The van der Waals surface area contributed by atoms with Crippen molar-refractivity contribution in [1.82, 2.24) is 4.90 Å². The van der Waals surface area contributed by atoms with E-state index < -0.39 is 17.6 Å². The summed E-state index contributed by atoms with van der Waals surface area (Å²) >= 11 is 0. The van der Waals surface area contributed by atoms with Crippen LogP contribution in [-0.2, 0) is 11.3 Å². The predicted molar refractivity (Wildman–Crippen MR) is 81.0 cm³/mol. The number of aryl methyl sites for hydroxylation is 1. The molecule has 2 rings (SSSR count). The summed E-state index contributed by atoms with van der Waals surface area (Å²) in [6, 6.07) is 4.62. The normalized spacial score (nSPS) is 12.5. The molecule has 0 N–H and O–H groups in total. The monoisotopic (exact) mass is 323 g/mol. The van der Waals surface area contributed by atoms with Gasteiger partial charge in [0, 0.05) is 11.6 Å². The lowest BCUT2D eigenvalue weighted by molar-refractivity contribution is 0.0599. The van der Waals surface area contributed by atoms with Gasteiger partial charge in [-0.3, -0.25) is 4.90 Å². The molecule has 0 saturated heterocycles. The fraction of sp³-hybridized carbons (Fsp3) is 0.353. The second-order valence-electron chi connectivity index (χ2n) is 5.43. The Morgan fingerprint density at radius 1 is 1.35 bits per heavy atom. The molecule has 1 aromatic carbocycles. The molecule has 0 bridgehead atoms. The minimum absolute atomic E-state index is 0.268. The number of rotatable bonds is 5. The molecular weight excluding hydrogens is 304 g/mol. The van der Waals surface area contributed by atoms with Gasteiger partial charge in [0.1, 0.15) is 28.7 Å². The summed E-state index contributed by atoms with van der Waals surface area (Å²) in [5, 5.41) is 0. The van der Waals surface area contributed by atoms with Gasteiger partial charge < -0.3 is 9.15 Å². The summed E-state index contributed by atoms with van der Waals surface area (Å²) in [6.07, 6.45) is 0. The van der Waals surface area contributed by atoms with E-state index in [0.717, 1.165) is 12.1 Å². The van der Waals surface area contributed by atoms with Gasteiger partial charge in [0.2, 0.25) is 0 Å². The quantitative estimate of drug-likeness (QED) is 0.784. The fourth-order valence-electron chi connectivity index (χ4n) is 2.39. The maximum absolute atomic E-state index is 13.9. The lowest BCUT2D eigenvalue weighted by Gasteiger charge is -2.24. The largest absolute Gasteiger partial charge is 0.465 e. The Hall–Kier alpha value is -2.21. The maximum Gasteiger partial charge on any atom is 0.341 e. The molecule has 0 aliphatic carbocycles. The van der Waals surface area contributed by atoms with E-state index in [-0.39, 0.29) is 11.6 Å². The van der Waals surface area contributed by atoms with Crippen molar-refractivity contribution in [3.63, 3.8) is 0 Å². The molecule has 0 fully saturated rings. The molecule has 6 heteroatoms. The van der Waals surface area contributed by atoms with E-state index in [4.69, 9.17) is 4.42 Å². The molecule has 124 valence electrons. The van der Waals surface area contributed by atoms with E-state index in [1.165, 1.54) is 13.2 Å². The van der Waals surface area contributed by atoms with Gasteiger partial charge in [-0.25, -0.2) is 13.6 Å². The van der Waals surface area contributed by atoms with E-state index in [1.807, 2.05) is 0 Å². The van der Waals surface area contributed by atoms with Gasteiger partial charge in [-0.15, -0.1) is 0 Å². The number of hydrogen-bond acceptors (Lipinski definition) is 4. The summed E-state index contributed by atoms with van der Waals surface area (Å²) in [6.45, 7) is 3.79. The lowest BCUT2D eigenvalue weighted by Crippen LogP contribution is -2.22. The first-order valence-corrected chi connectivity index (χ1v) is 7.16. The molecule has 1 heterocycles. The predicted octanol–water partition coefficient (Wildman–Crippen LogP) is 3.85. The number of methoxy groups -OCH3 is 1. The first-order chi connectivity index (χ1) is 10.8. The second kappa shape index (κ2) is 6.91. The summed E-state index contributed by atoms with van der Waals surface area (Å²) < 4.78 is 37.4. The Bertz CT molecular complexity index is 712. The number of halogens is 2. The van der Waals surface area contributed by atoms with Crippen molar-refractivity contribution >= 4 is 5.97 Å². The van der Waals surface area contributed by atoms with Gasteiger partial charge in [-0.2, -0.15) is 0 Å². The molecule has 1 atom stereocenters. The molecule has 23 heavy (non-hydrogen) atoms. The Morgan fingerprint density at radius 3 is 2.70 bits per heavy atom. The SMILES string of the molecule is COC(=O)c1cc(CN(C)C(C)c2cc(F)ccc2F)oc1C. The van der Waals surface area contributed by atoms with Crippen LogP contribution in [0.1, 0.15) is 40.4 Å². The van der Waals surface area contributed by atoms with Crippen LogP contribution in [-0.4, -0.2) is 25.0 Å². The highest BCUT2D eigenvalue weighted by Gasteiger charge is 2.20. The maximum atomic E-state index is 13.9. The van der Waals surface area contributed by atoms with Gasteiger partial charge in [-0.1, -0.05) is 0 Å². The van der Waals surface area contributed by atoms with Crippen LogP contribution in [0.25, 0.3) is 0 Å². The smallest absolute Gasteiger partial charge is 0.341 e. The Labute approximate surface area is 133 Å². The highest BCUT2D eigenvalue weighted by Crippen LogP contribution is 2.25. The van der Waals surface area contributed by atoms with Crippen LogP contribution in [0.5, 0.6) is 0 Å². The highest BCUT2D eigenvalue weighted by atomic mass is 19.1. The zero-order chi connectivity index (χ0) is 17.1. The number of carbonyl (C=O) groups is 1. The van der Waals surface area contributed by atoms with Crippen molar-refractivity contribution in [2.75, 3.05) is 14.2 Å². The second-order valence-corrected chi connectivity index (χ2v) is 5.43. The van der Waals surface area contributed by atoms with Crippen LogP contribution < -0.4 is 0 Å². The van der Waals surface area contributed by atoms with Crippen LogP contribution in [0.3, 0.4) is 0 Å². The van der Waals surface area contributed by atoms with Crippen molar-refractivity contribution in [3.05, 3.63) is 58.5 Å². The number of carbonyl (C=O) groups excluding carboxylic acids is 1. The third-order valence-corrected chi connectivity index (χ3v) is 3.85. The molecule has 2 aromatic rings. The molecule has 0 saturated carbocycles. The standard InChI is InChI=1S/C17H19F2NO3/c1-10(14-7-12(18)5-6-16(14)19)20(3)9-13-8-15(11(2)23-13)17(21)22-4/h5-8,10H,9H2,1-4H3. The first kappa shape index (κ1) is 17.1. The van der Waals surface area contributed by atoms with Crippen LogP contribution in [0.4, 0.5) is 8.78 Å². The number of ether oxygens (including phenoxy) is 1. The molecule has 0 aliphatic heterocycles. The third-order valence-electron chi connectivity index (χ3n) is 3.85. The molecule has 4 nitrogen and oxygen atoms in total. The highest BCUT2D eigenvalue weighted by molar-refractivity contribution is 5.90. The molecule has 0 radical (unpaired) electrons. The van der Waals surface area contributed by atoms with E-state index in [0.29, 0.717) is 23.6 Å². The van der Waals surface area contributed by atoms with E-state index in [9.17, 15) is 13.6 Å². The van der Waals surface area contributed by atoms with Crippen molar-refractivity contribution in [2.24, 2.45) is 0 Å². The van der Waals surface area contributed by atoms with E-state index in [2.05, 4.69) is 4.74 Å². The van der Waals surface area contributed by atoms with Crippen molar-refractivity contribution in [2.45, 2.75) is 26.4 Å². The molecule has 0 spiro atoms. The van der Waals surface area contributed by atoms with Crippen LogP contribution in [0, 0.1) is 18.6 Å². The zero-order valence-corrected chi connectivity index (χ0v) is 13.5. The molecule has 1 aromatic heterocycles. The average molecular weight is 323 g/mol. The minimum atomic E-state index is -0.483. The summed E-state index contributed by atoms with van der Waals surface area (Å²) in [7, 11) is 3.07.